The van der Waals surface area contributed by atoms with E-state index in [0.717, 1.165) is 28.4 Å². The molecule has 1 saturated heterocycles. The number of alkyl halides is 7. The van der Waals surface area contributed by atoms with Gasteiger partial charge in [-0.1, -0.05) is 11.6 Å². The van der Waals surface area contributed by atoms with Crippen LogP contribution in [0, 0.1) is 0 Å². The molecule has 1 aliphatic heterocycles. The highest BCUT2D eigenvalue weighted by Crippen LogP contribution is 2.38. The van der Waals surface area contributed by atoms with E-state index in [1.54, 1.807) is 0 Å². The molecule has 17 heteroatoms. The van der Waals surface area contributed by atoms with Crippen LogP contribution in [0.2, 0.25) is 4.34 Å². The molecule has 2 aromatic rings. The molecule has 0 saturated carbocycles. The number of benzene rings is 1. The van der Waals surface area contributed by atoms with E-state index in [0.29, 0.717) is 11.0 Å². The van der Waals surface area contributed by atoms with Crippen molar-refractivity contribution in [3.05, 3.63) is 45.1 Å². The quantitative estimate of drug-likeness (QED) is 0.366. The first-order chi connectivity index (χ1) is 18.8. The topological polar surface area (TPSA) is 91.0 Å². The molecular weight excluding hydrogens is 597 g/mol. The van der Waals surface area contributed by atoms with Crippen LogP contribution in [0.25, 0.3) is 0 Å². The molecule has 220 valence electrons. The summed E-state index contributed by atoms with van der Waals surface area (Å²) in [7, 11) is 0. The van der Waals surface area contributed by atoms with Gasteiger partial charge in [0.2, 0.25) is 5.91 Å². The summed E-state index contributed by atoms with van der Waals surface area (Å²) in [5, 5.41) is 4.21. The summed E-state index contributed by atoms with van der Waals surface area (Å²) in [4.78, 5) is 39.1. The second kappa shape index (κ2) is 13.6. The molecule has 0 spiro atoms. The van der Waals surface area contributed by atoms with Crippen LogP contribution in [-0.4, -0.2) is 80.9 Å². The molecule has 0 aliphatic carbocycles. The predicted molar refractivity (Wildman–Crippen MR) is 132 cm³/mol. The number of morpholine rings is 1. The first kappa shape index (κ1) is 31.6. The summed E-state index contributed by atoms with van der Waals surface area (Å²) in [6, 6.07) is 3.39. The molecule has 3 rings (SSSR count). The first-order valence-electron chi connectivity index (χ1n) is 11.5. The Morgan fingerprint density at radius 2 is 1.77 bits per heavy atom. The second-order valence-corrected chi connectivity index (χ2v) is 10.1. The Morgan fingerprint density at radius 1 is 1.10 bits per heavy atom. The normalized spacial score (nSPS) is 15.2. The molecule has 1 atom stereocenters. The number of hydrogen-bond donors (Lipinski definition) is 2. The second-order valence-electron chi connectivity index (χ2n) is 8.38. The molecule has 2 N–H and O–H groups in total. The monoisotopic (exact) mass is 618 g/mol. The van der Waals surface area contributed by atoms with Gasteiger partial charge in [-0.2, -0.15) is 13.2 Å². The molecule has 1 fully saturated rings. The van der Waals surface area contributed by atoms with Gasteiger partial charge in [-0.05, 0) is 30.3 Å². The highest BCUT2D eigenvalue weighted by Gasteiger charge is 2.37. The lowest BCUT2D eigenvalue weighted by Gasteiger charge is -2.31. The molecule has 0 radical (unpaired) electrons. The number of anilines is 2. The summed E-state index contributed by atoms with van der Waals surface area (Å²) in [5.41, 5.74) is -2.31. The molecule has 2 heterocycles. The third kappa shape index (κ3) is 8.52. The summed E-state index contributed by atoms with van der Waals surface area (Å²) in [5.74, 6) is -2.75. The van der Waals surface area contributed by atoms with E-state index in [1.165, 1.54) is 12.1 Å². The zero-order chi connectivity index (χ0) is 29.6. The number of hydrogen-bond acceptors (Lipinski definition) is 6. The number of halogens is 8. The van der Waals surface area contributed by atoms with Crippen molar-refractivity contribution in [3.63, 3.8) is 0 Å². The lowest BCUT2D eigenvalue weighted by atomic mass is 10.1. The van der Waals surface area contributed by atoms with Crippen LogP contribution in [0.4, 0.5) is 42.1 Å². The van der Waals surface area contributed by atoms with Crippen molar-refractivity contribution < 1.29 is 49.9 Å². The van der Waals surface area contributed by atoms with Crippen molar-refractivity contribution in [1.82, 2.24) is 10.2 Å². The van der Waals surface area contributed by atoms with Crippen LogP contribution in [0.15, 0.2) is 30.3 Å². The highest BCUT2D eigenvalue weighted by molar-refractivity contribution is 7.18. The predicted octanol–water partition coefficient (Wildman–Crippen LogP) is 4.35. The van der Waals surface area contributed by atoms with Gasteiger partial charge in [0.15, 0.2) is 0 Å². The number of nitrogens with one attached hydrogen (secondary N) is 2. The third-order valence-corrected chi connectivity index (χ3v) is 6.84. The highest BCUT2D eigenvalue weighted by atomic mass is 35.5. The Hall–Kier alpha value is -2.95. The van der Waals surface area contributed by atoms with Gasteiger partial charge in [-0.25, -0.2) is 17.6 Å². The minimum atomic E-state index is -5.04. The van der Waals surface area contributed by atoms with Crippen molar-refractivity contribution in [2.24, 2.45) is 0 Å². The largest absolute Gasteiger partial charge is 0.418 e. The Morgan fingerprint density at radius 3 is 2.33 bits per heavy atom. The average Bonchev–Trinajstić information content (AvgIpc) is 3.29. The third-order valence-electron chi connectivity index (χ3n) is 5.61. The molecular formula is C23H22ClF7N4O4S. The molecule has 1 aliphatic rings. The summed E-state index contributed by atoms with van der Waals surface area (Å²) < 4.78 is 99.9. The fourth-order valence-corrected chi connectivity index (χ4v) is 4.79. The number of carbonyl (C=O) groups is 3. The maximum absolute atomic E-state index is 13.9. The van der Waals surface area contributed by atoms with Crippen molar-refractivity contribution in [1.29, 1.82) is 0 Å². The standard InChI is InChI=1S/C23H22ClF7N4O4S/c24-17-4-3-16(40-17)22(38)32-8-15(34(9-18(25)26)10-19(27)28)21(37)33-14-2-1-12(7-13(14)23(29,30)31)35-5-6-39-11-20(35)36/h1-4,7,15,18-19H,5-6,8-11H2,(H,32,38)(H,33,37)/t15-/m1/s1. The van der Waals surface area contributed by atoms with Crippen LogP contribution in [0.3, 0.4) is 0 Å². The molecule has 8 nitrogen and oxygen atoms in total. The summed E-state index contributed by atoms with van der Waals surface area (Å²) in [6.45, 7) is -3.72. The zero-order valence-corrected chi connectivity index (χ0v) is 21.9. The van der Waals surface area contributed by atoms with Gasteiger partial charge in [-0.3, -0.25) is 19.3 Å². The van der Waals surface area contributed by atoms with Gasteiger partial charge < -0.3 is 20.3 Å². The van der Waals surface area contributed by atoms with Gasteiger partial charge >= 0.3 is 6.18 Å². The van der Waals surface area contributed by atoms with Gasteiger partial charge in [-0.15, -0.1) is 11.3 Å². The number of carbonyl (C=O) groups excluding carboxylic acids is 3. The van der Waals surface area contributed by atoms with Gasteiger partial charge in [0.25, 0.3) is 24.7 Å². The Bertz CT molecular complexity index is 1200. The van der Waals surface area contributed by atoms with Gasteiger partial charge in [0, 0.05) is 18.8 Å². The van der Waals surface area contributed by atoms with Gasteiger partial charge in [0.1, 0.15) is 12.6 Å². The van der Waals surface area contributed by atoms with Crippen LogP contribution < -0.4 is 15.5 Å². The van der Waals surface area contributed by atoms with E-state index in [4.69, 9.17) is 16.3 Å². The van der Waals surface area contributed by atoms with Crippen LogP contribution in [-0.2, 0) is 20.5 Å². The SMILES string of the molecule is O=C(NC[C@H](C(=O)Nc1ccc(N2CCOCC2=O)cc1C(F)(F)F)N(CC(F)F)CC(F)F)c1ccc(Cl)s1. The lowest BCUT2D eigenvalue weighted by Crippen LogP contribution is -2.53. The van der Waals surface area contributed by atoms with E-state index >= 15 is 0 Å². The van der Waals surface area contributed by atoms with Gasteiger partial charge in [0.05, 0.1) is 40.2 Å². The maximum atomic E-state index is 13.9. The molecule has 1 aromatic carbocycles. The zero-order valence-electron chi connectivity index (χ0n) is 20.3. The Balaban J connectivity index is 1.91. The molecule has 0 bridgehead atoms. The smallest absolute Gasteiger partial charge is 0.370 e. The molecule has 0 unspecified atom stereocenters. The average molecular weight is 619 g/mol. The van der Waals surface area contributed by atoms with E-state index in [9.17, 15) is 45.1 Å². The van der Waals surface area contributed by atoms with E-state index < -0.39 is 73.7 Å². The van der Waals surface area contributed by atoms with Crippen molar-refractivity contribution >= 4 is 52.0 Å². The number of thiophene rings is 1. The van der Waals surface area contributed by atoms with Crippen LogP contribution in [0.5, 0.6) is 0 Å². The number of rotatable bonds is 11. The van der Waals surface area contributed by atoms with E-state index in [1.807, 2.05) is 5.32 Å². The maximum Gasteiger partial charge on any atom is 0.418 e. The minimum Gasteiger partial charge on any atom is -0.370 e. The first-order valence-corrected chi connectivity index (χ1v) is 12.7. The summed E-state index contributed by atoms with van der Waals surface area (Å²) >= 11 is 6.62. The van der Waals surface area contributed by atoms with Crippen LogP contribution >= 0.6 is 22.9 Å². The number of amides is 3. The van der Waals surface area contributed by atoms with E-state index in [-0.39, 0.29) is 34.7 Å². The fraction of sp³-hybridized carbons (Fsp3) is 0.435. The number of nitrogens with zero attached hydrogens (tertiary/aromatic N) is 2. The fourth-order valence-electron chi connectivity index (χ4n) is 3.83. The molecule has 3 amide bonds. The molecule has 1 aromatic heterocycles. The lowest BCUT2D eigenvalue weighted by molar-refractivity contribution is -0.137. The summed E-state index contributed by atoms with van der Waals surface area (Å²) in [6.07, 6.45) is -11.4. The molecule has 40 heavy (non-hydrogen) atoms. The van der Waals surface area contributed by atoms with Crippen molar-refractivity contribution in [2.45, 2.75) is 25.1 Å². The minimum absolute atomic E-state index is 0.0186. The van der Waals surface area contributed by atoms with Crippen molar-refractivity contribution in [2.75, 3.05) is 49.6 Å². The number of ether oxygens (including phenoxy) is 1. The Labute approximate surface area is 232 Å². The Kier molecular flexibility index (Phi) is 10.7. The van der Waals surface area contributed by atoms with E-state index in [2.05, 4.69) is 5.32 Å². The van der Waals surface area contributed by atoms with Crippen molar-refractivity contribution in [3.8, 4) is 0 Å². The van der Waals surface area contributed by atoms with Crippen LogP contribution in [0.1, 0.15) is 15.2 Å².